The van der Waals surface area contributed by atoms with Gasteiger partial charge in [0.2, 0.25) is 0 Å². The number of nitrogens with one attached hydrogen (secondary N) is 1. The second-order valence-corrected chi connectivity index (χ2v) is 6.47. The van der Waals surface area contributed by atoms with Crippen LogP contribution in [0.5, 0.6) is 0 Å². The van der Waals surface area contributed by atoms with Crippen LogP contribution in [0.15, 0.2) is 63.7 Å². The number of fused-ring (bicyclic) bond motifs is 3. The summed E-state index contributed by atoms with van der Waals surface area (Å²) in [5, 5.41) is 10.3. The Kier molecular flexibility index (Phi) is 3.35. The number of hydrogen-bond donors (Lipinski definition) is 1. The van der Waals surface area contributed by atoms with Gasteiger partial charge < -0.3 is 9.73 Å². The van der Waals surface area contributed by atoms with Gasteiger partial charge >= 0.3 is 0 Å². The van der Waals surface area contributed by atoms with Crippen molar-refractivity contribution in [3.63, 3.8) is 0 Å². The van der Waals surface area contributed by atoms with E-state index in [-0.39, 0.29) is 0 Å². The van der Waals surface area contributed by atoms with Crippen molar-refractivity contribution in [1.29, 1.82) is 0 Å². The van der Waals surface area contributed by atoms with E-state index in [0.29, 0.717) is 6.04 Å². The second-order valence-electron chi connectivity index (χ2n) is 5.69. The lowest BCUT2D eigenvalue weighted by atomic mass is 10.1. The molecule has 22 heavy (non-hydrogen) atoms. The van der Waals surface area contributed by atoms with Crippen molar-refractivity contribution in [3.8, 4) is 0 Å². The van der Waals surface area contributed by atoms with Crippen LogP contribution in [0.25, 0.3) is 21.9 Å². The first-order valence-electron chi connectivity index (χ1n) is 7.48. The Balaban J connectivity index is 1.63. The molecule has 4 aromatic rings. The average molecular weight is 307 g/mol. The lowest BCUT2D eigenvalue weighted by Gasteiger charge is -2.14. The van der Waals surface area contributed by atoms with E-state index in [1.807, 2.05) is 12.1 Å². The van der Waals surface area contributed by atoms with Crippen molar-refractivity contribution in [2.75, 3.05) is 5.32 Å². The Hall–Kier alpha value is -2.26. The molecule has 2 nitrogen and oxygen atoms in total. The summed E-state index contributed by atoms with van der Waals surface area (Å²) >= 11 is 1.75. The minimum atomic E-state index is 0.394. The summed E-state index contributed by atoms with van der Waals surface area (Å²) in [6.07, 6.45) is 1.04. The van der Waals surface area contributed by atoms with E-state index >= 15 is 0 Å². The van der Waals surface area contributed by atoms with Crippen molar-refractivity contribution in [1.82, 2.24) is 0 Å². The van der Waals surface area contributed by atoms with E-state index in [1.54, 1.807) is 11.3 Å². The minimum Gasteiger partial charge on any atom is -0.456 e. The minimum absolute atomic E-state index is 0.394. The third kappa shape index (κ3) is 2.48. The Morgan fingerprint density at radius 1 is 1.05 bits per heavy atom. The molecule has 1 atom stereocenters. The highest BCUT2D eigenvalue weighted by molar-refractivity contribution is 7.07. The highest BCUT2D eigenvalue weighted by Crippen LogP contribution is 2.30. The summed E-state index contributed by atoms with van der Waals surface area (Å²) < 4.78 is 5.87. The van der Waals surface area contributed by atoms with Crippen LogP contribution in [-0.4, -0.2) is 6.04 Å². The number of rotatable bonds is 4. The molecular formula is C19H17NOS. The van der Waals surface area contributed by atoms with Gasteiger partial charge in [-0.3, -0.25) is 0 Å². The summed E-state index contributed by atoms with van der Waals surface area (Å²) in [4.78, 5) is 0. The molecule has 0 saturated heterocycles. The molecule has 4 rings (SSSR count). The van der Waals surface area contributed by atoms with E-state index in [9.17, 15) is 0 Å². The highest BCUT2D eigenvalue weighted by atomic mass is 32.1. The predicted octanol–water partition coefficient (Wildman–Crippen LogP) is 5.69. The first-order chi connectivity index (χ1) is 10.8. The van der Waals surface area contributed by atoms with Gasteiger partial charge in [0.15, 0.2) is 0 Å². The Morgan fingerprint density at radius 3 is 2.77 bits per heavy atom. The summed E-state index contributed by atoms with van der Waals surface area (Å²) in [5.74, 6) is 0. The van der Waals surface area contributed by atoms with Crippen molar-refractivity contribution >= 4 is 39.0 Å². The summed E-state index contributed by atoms with van der Waals surface area (Å²) in [7, 11) is 0. The quantitative estimate of drug-likeness (QED) is 0.524. The van der Waals surface area contributed by atoms with E-state index in [1.165, 1.54) is 16.3 Å². The predicted molar refractivity (Wildman–Crippen MR) is 94.8 cm³/mol. The molecule has 1 N–H and O–H groups in total. The van der Waals surface area contributed by atoms with Crippen molar-refractivity contribution in [2.45, 2.75) is 19.4 Å². The maximum absolute atomic E-state index is 5.87. The zero-order valence-corrected chi connectivity index (χ0v) is 13.2. The lowest BCUT2D eigenvalue weighted by Crippen LogP contribution is -2.17. The van der Waals surface area contributed by atoms with Crippen LogP contribution < -0.4 is 5.32 Å². The van der Waals surface area contributed by atoms with E-state index in [2.05, 4.69) is 59.4 Å². The molecule has 110 valence electrons. The molecule has 2 aromatic heterocycles. The second kappa shape index (κ2) is 5.50. The zero-order chi connectivity index (χ0) is 14.9. The number of para-hydroxylation sites is 1. The fourth-order valence-electron chi connectivity index (χ4n) is 2.91. The van der Waals surface area contributed by atoms with Gasteiger partial charge in [-0.2, -0.15) is 11.3 Å². The average Bonchev–Trinajstić information content (AvgIpc) is 3.14. The van der Waals surface area contributed by atoms with Crippen LogP contribution in [0.2, 0.25) is 0 Å². The maximum Gasteiger partial charge on any atom is 0.135 e. The summed E-state index contributed by atoms with van der Waals surface area (Å²) in [6.45, 7) is 2.22. The van der Waals surface area contributed by atoms with Crippen LogP contribution in [0, 0.1) is 0 Å². The zero-order valence-electron chi connectivity index (χ0n) is 12.4. The van der Waals surface area contributed by atoms with Crippen LogP contribution in [-0.2, 0) is 6.42 Å². The largest absolute Gasteiger partial charge is 0.456 e. The number of furan rings is 1. The molecule has 0 saturated carbocycles. The van der Waals surface area contributed by atoms with Gasteiger partial charge in [0, 0.05) is 22.5 Å². The smallest absolute Gasteiger partial charge is 0.135 e. The van der Waals surface area contributed by atoms with Crippen molar-refractivity contribution in [3.05, 3.63) is 64.9 Å². The van der Waals surface area contributed by atoms with E-state index in [4.69, 9.17) is 4.42 Å². The van der Waals surface area contributed by atoms with Crippen LogP contribution >= 0.6 is 11.3 Å². The van der Waals surface area contributed by atoms with E-state index in [0.717, 1.165) is 23.3 Å². The summed E-state index contributed by atoms with van der Waals surface area (Å²) in [5.41, 5.74) is 4.42. The lowest BCUT2D eigenvalue weighted by molar-refractivity contribution is 0.669. The Morgan fingerprint density at radius 2 is 1.91 bits per heavy atom. The molecule has 0 bridgehead atoms. The first kappa shape index (κ1) is 13.4. The van der Waals surface area contributed by atoms with Crippen LogP contribution in [0.3, 0.4) is 0 Å². The molecule has 0 amide bonds. The molecule has 0 spiro atoms. The van der Waals surface area contributed by atoms with Gasteiger partial charge in [-0.05, 0) is 60.0 Å². The number of benzene rings is 2. The molecule has 2 heterocycles. The van der Waals surface area contributed by atoms with Gasteiger partial charge in [-0.1, -0.05) is 18.2 Å². The topological polar surface area (TPSA) is 25.2 Å². The number of anilines is 1. The molecule has 1 unspecified atom stereocenters. The Labute approximate surface area is 133 Å². The third-order valence-corrected chi connectivity index (χ3v) is 4.64. The van der Waals surface area contributed by atoms with E-state index < -0.39 is 0 Å². The van der Waals surface area contributed by atoms with Crippen LogP contribution in [0.1, 0.15) is 12.5 Å². The normalized spacial score (nSPS) is 12.8. The molecule has 2 aromatic carbocycles. The number of thiophene rings is 1. The van der Waals surface area contributed by atoms with Crippen molar-refractivity contribution in [2.24, 2.45) is 0 Å². The fourth-order valence-corrected chi connectivity index (χ4v) is 3.60. The third-order valence-electron chi connectivity index (χ3n) is 3.91. The molecule has 0 fully saturated rings. The monoisotopic (exact) mass is 307 g/mol. The SMILES string of the molecule is CC(Cc1ccsc1)Nc1ccc2oc3ccccc3c2c1. The van der Waals surface area contributed by atoms with Gasteiger partial charge in [0.1, 0.15) is 11.2 Å². The highest BCUT2D eigenvalue weighted by Gasteiger charge is 2.09. The van der Waals surface area contributed by atoms with Crippen molar-refractivity contribution < 1.29 is 4.42 Å². The summed E-state index contributed by atoms with van der Waals surface area (Å²) in [6, 6.07) is 17.1. The molecular weight excluding hydrogens is 290 g/mol. The molecule has 0 aliphatic carbocycles. The van der Waals surface area contributed by atoms with Gasteiger partial charge in [0.25, 0.3) is 0 Å². The molecule has 0 radical (unpaired) electrons. The fraction of sp³-hybridized carbons (Fsp3) is 0.158. The standard InChI is InChI=1S/C19H17NOS/c1-13(10-14-8-9-22-12-14)20-15-6-7-19-17(11-15)16-4-2-3-5-18(16)21-19/h2-9,11-13,20H,10H2,1H3. The van der Waals surface area contributed by atoms with Gasteiger partial charge in [0.05, 0.1) is 0 Å². The van der Waals surface area contributed by atoms with Crippen LogP contribution in [0.4, 0.5) is 5.69 Å². The van der Waals surface area contributed by atoms with Gasteiger partial charge in [-0.15, -0.1) is 0 Å². The maximum atomic E-state index is 5.87. The molecule has 0 aliphatic heterocycles. The molecule has 3 heteroatoms. The van der Waals surface area contributed by atoms with Gasteiger partial charge in [-0.25, -0.2) is 0 Å². The Bertz CT molecular complexity index is 908. The number of hydrogen-bond acceptors (Lipinski definition) is 3. The first-order valence-corrected chi connectivity index (χ1v) is 8.43. The molecule has 0 aliphatic rings.